The molecule has 0 spiro atoms. The smallest absolute Gasteiger partial charge is 0.345 e. The number of carbonyl (C=O) groups excluding carboxylic acids is 2. The number of hydroxylamine groups is 2. The third kappa shape index (κ3) is 3.06. The number of fused-ring (bicyclic) bond motifs is 4. The van der Waals surface area contributed by atoms with Crippen LogP contribution in [0, 0.1) is 0 Å². The van der Waals surface area contributed by atoms with Gasteiger partial charge in [0.25, 0.3) is 0 Å². The molecule has 0 aliphatic carbocycles. The lowest BCUT2D eigenvalue weighted by molar-refractivity contribution is -0.126. The molecule has 2 atom stereocenters. The van der Waals surface area contributed by atoms with Crippen LogP contribution in [0.1, 0.15) is 28.8 Å². The van der Waals surface area contributed by atoms with Crippen molar-refractivity contribution < 1.29 is 14.4 Å². The fraction of sp³-hybridized carbons (Fsp3) is 0.250. The molecular weight excluding hydrogens is 344 g/mol. The van der Waals surface area contributed by atoms with Gasteiger partial charge < -0.3 is 10.2 Å². The maximum Gasteiger partial charge on any atom is 0.345 e. The fourth-order valence-electron chi connectivity index (χ4n) is 3.62. The number of nitrogens with one attached hydrogen (secondary N) is 1. The second kappa shape index (κ2) is 7.20. The van der Waals surface area contributed by atoms with E-state index in [9.17, 15) is 9.59 Å². The van der Waals surface area contributed by atoms with Gasteiger partial charge in [-0.15, -0.1) is 6.58 Å². The number of carbonyl (C=O) groups is 2. The lowest BCUT2D eigenvalue weighted by Crippen LogP contribution is -2.43. The molecule has 2 aliphatic heterocycles. The zero-order valence-electron chi connectivity index (χ0n) is 14.7. The van der Waals surface area contributed by atoms with Crippen molar-refractivity contribution in [2.24, 2.45) is 0 Å². The van der Waals surface area contributed by atoms with Gasteiger partial charge in [-0.25, -0.2) is 4.79 Å². The number of urea groups is 1. The van der Waals surface area contributed by atoms with Crippen molar-refractivity contribution in [2.75, 3.05) is 13.2 Å². The van der Waals surface area contributed by atoms with Crippen LogP contribution in [0.25, 0.3) is 0 Å². The molecule has 3 amide bonds. The van der Waals surface area contributed by atoms with Crippen molar-refractivity contribution in [3.63, 3.8) is 0 Å². The second-order valence-electron chi connectivity index (χ2n) is 6.47. The van der Waals surface area contributed by atoms with Crippen LogP contribution < -0.4 is 5.32 Å². The summed E-state index contributed by atoms with van der Waals surface area (Å²) >= 11 is 0. The first-order chi connectivity index (χ1) is 13.2. The average Bonchev–Trinajstić information content (AvgIpc) is 2.98. The number of benzene rings is 1. The quantitative estimate of drug-likeness (QED) is 0.799. The molecule has 3 heterocycles. The molecule has 4 rings (SSSR count). The Morgan fingerprint density at radius 2 is 2.00 bits per heavy atom. The van der Waals surface area contributed by atoms with Gasteiger partial charge in [-0.05, 0) is 28.8 Å². The summed E-state index contributed by atoms with van der Waals surface area (Å²) in [5.41, 5.74) is 2.72. The zero-order valence-corrected chi connectivity index (χ0v) is 14.7. The highest BCUT2D eigenvalue weighted by molar-refractivity contribution is 5.90. The molecule has 1 aromatic heterocycles. The standard InChI is InChI=1S/C20H20N4O3/c1-2-11-27-24-17-13-23(20(24)26)18(16-6-4-3-5-15(16)17)19(25)22-12-14-7-9-21-10-8-14/h2-10,17-18H,1,11-13H2,(H,22,25)/t17-,18+/m0/s1. The topological polar surface area (TPSA) is 74.8 Å². The Balaban J connectivity index is 1.60. The number of aromatic nitrogens is 1. The number of nitrogens with zero attached hydrogens (tertiary/aromatic N) is 3. The number of hydrogen-bond donors (Lipinski definition) is 1. The van der Waals surface area contributed by atoms with Crippen molar-refractivity contribution >= 4 is 11.9 Å². The van der Waals surface area contributed by atoms with E-state index in [1.54, 1.807) is 23.4 Å². The first kappa shape index (κ1) is 17.2. The molecule has 0 saturated carbocycles. The largest absolute Gasteiger partial charge is 0.350 e. The lowest BCUT2D eigenvalue weighted by atomic mass is 9.90. The van der Waals surface area contributed by atoms with E-state index in [1.807, 2.05) is 36.4 Å². The van der Waals surface area contributed by atoms with Crippen molar-refractivity contribution in [3.8, 4) is 0 Å². The number of rotatable bonds is 6. The summed E-state index contributed by atoms with van der Waals surface area (Å²) in [4.78, 5) is 37.0. The predicted molar refractivity (Wildman–Crippen MR) is 98.1 cm³/mol. The van der Waals surface area contributed by atoms with Crippen LogP contribution >= 0.6 is 0 Å². The Labute approximate surface area is 157 Å². The molecule has 2 aliphatic rings. The summed E-state index contributed by atoms with van der Waals surface area (Å²) in [5.74, 6) is -0.211. The highest BCUT2D eigenvalue weighted by atomic mass is 16.7. The average molecular weight is 364 g/mol. The Hall–Kier alpha value is -3.19. The van der Waals surface area contributed by atoms with Gasteiger partial charge in [0.15, 0.2) is 0 Å². The number of hydrogen-bond acceptors (Lipinski definition) is 4. The summed E-state index contributed by atoms with van der Waals surface area (Å²) in [5, 5.41) is 4.29. The van der Waals surface area contributed by atoms with E-state index in [4.69, 9.17) is 4.84 Å². The summed E-state index contributed by atoms with van der Waals surface area (Å²) in [7, 11) is 0. The number of amides is 3. The third-order valence-corrected chi connectivity index (χ3v) is 4.84. The molecule has 0 unspecified atom stereocenters. The molecule has 1 aromatic carbocycles. The number of pyridine rings is 1. The monoisotopic (exact) mass is 364 g/mol. The van der Waals surface area contributed by atoms with Gasteiger partial charge in [0.1, 0.15) is 12.1 Å². The highest BCUT2D eigenvalue weighted by Crippen LogP contribution is 2.43. The maximum absolute atomic E-state index is 13.0. The van der Waals surface area contributed by atoms with Crippen LogP contribution in [0.3, 0.4) is 0 Å². The van der Waals surface area contributed by atoms with Gasteiger partial charge in [0.05, 0.1) is 13.2 Å². The Morgan fingerprint density at radius 3 is 2.74 bits per heavy atom. The normalized spacial score (nSPS) is 20.4. The molecule has 138 valence electrons. The van der Waals surface area contributed by atoms with Crippen LogP contribution in [-0.2, 0) is 16.2 Å². The molecule has 7 nitrogen and oxygen atoms in total. The third-order valence-electron chi connectivity index (χ3n) is 4.84. The Kier molecular flexibility index (Phi) is 4.60. The summed E-state index contributed by atoms with van der Waals surface area (Å²) in [6.07, 6.45) is 4.96. The first-order valence-corrected chi connectivity index (χ1v) is 8.79. The van der Waals surface area contributed by atoms with E-state index in [0.29, 0.717) is 13.1 Å². The summed E-state index contributed by atoms with van der Waals surface area (Å²) < 4.78 is 0. The van der Waals surface area contributed by atoms with Crippen molar-refractivity contribution in [1.29, 1.82) is 0 Å². The van der Waals surface area contributed by atoms with Crippen molar-refractivity contribution in [1.82, 2.24) is 20.3 Å². The van der Waals surface area contributed by atoms with E-state index in [-0.39, 0.29) is 24.6 Å². The van der Waals surface area contributed by atoms with Gasteiger partial charge in [0.2, 0.25) is 5.91 Å². The van der Waals surface area contributed by atoms with Gasteiger partial charge in [0, 0.05) is 18.9 Å². The summed E-state index contributed by atoms with van der Waals surface area (Å²) in [6.45, 7) is 4.66. The molecule has 2 aromatic rings. The first-order valence-electron chi connectivity index (χ1n) is 8.79. The van der Waals surface area contributed by atoms with Crippen molar-refractivity contribution in [3.05, 3.63) is 78.1 Å². The van der Waals surface area contributed by atoms with Gasteiger partial charge in [-0.3, -0.25) is 14.6 Å². The van der Waals surface area contributed by atoms with E-state index < -0.39 is 6.04 Å². The minimum absolute atomic E-state index is 0.211. The lowest BCUT2D eigenvalue weighted by Gasteiger charge is -2.31. The van der Waals surface area contributed by atoms with Crippen LogP contribution in [-0.4, -0.2) is 40.0 Å². The SMILES string of the molecule is C=CCON1C(=O)N2C[C@H]1c1ccccc1[C@@H]2C(=O)NCc1ccncc1. The van der Waals surface area contributed by atoms with Gasteiger partial charge in [-0.2, -0.15) is 5.06 Å². The van der Waals surface area contributed by atoms with Gasteiger partial charge in [-0.1, -0.05) is 30.3 Å². The van der Waals surface area contributed by atoms with E-state index in [2.05, 4.69) is 16.9 Å². The maximum atomic E-state index is 13.0. The predicted octanol–water partition coefficient (Wildman–Crippen LogP) is 2.35. The summed E-state index contributed by atoms with van der Waals surface area (Å²) in [6, 6.07) is 10.1. The molecule has 1 saturated heterocycles. The van der Waals surface area contributed by atoms with E-state index in [0.717, 1.165) is 16.7 Å². The molecule has 7 heteroatoms. The fourth-order valence-corrected chi connectivity index (χ4v) is 3.62. The van der Waals surface area contributed by atoms with E-state index >= 15 is 0 Å². The van der Waals surface area contributed by atoms with Gasteiger partial charge >= 0.3 is 6.03 Å². The zero-order chi connectivity index (χ0) is 18.8. The van der Waals surface area contributed by atoms with E-state index in [1.165, 1.54) is 5.06 Å². The molecule has 1 N–H and O–H groups in total. The molecular formula is C20H20N4O3. The van der Waals surface area contributed by atoms with Crippen molar-refractivity contribution in [2.45, 2.75) is 18.6 Å². The highest BCUT2D eigenvalue weighted by Gasteiger charge is 2.50. The van der Waals surface area contributed by atoms with Crippen LogP contribution in [0.5, 0.6) is 0 Å². The molecule has 2 bridgehead atoms. The molecule has 1 fully saturated rings. The second-order valence-corrected chi connectivity index (χ2v) is 6.47. The minimum Gasteiger partial charge on any atom is -0.350 e. The Morgan fingerprint density at radius 1 is 1.26 bits per heavy atom. The molecule has 27 heavy (non-hydrogen) atoms. The minimum atomic E-state index is -0.677. The molecule has 0 radical (unpaired) electrons. The Bertz CT molecular complexity index is 871. The van der Waals surface area contributed by atoms with Crippen LogP contribution in [0.4, 0.5) is 4.79 Å². The van der Waals surface area contributed by atoms with Crippen LogP contribution in [0.2, 0.25) is 0 Å². The van der Waals surface area contributed by atoms with Crippen LogP contribution in [0.15, 0.2) is 61.4 Å².